The Hall–Kier alpha value is -3.55. The summed E-state index contributed by atoms with van der Waals surface area (Å²) in [5.74, 6) is -1.66. The highest BCUT2D eigenvalue weighted by molar-refractivity contribution is 6.21. The maximum atomic E-state index is 13.3. The largest absolute Gasteiger partial charge is 0.354 e. The number of nitrogens with one attached hydrogen (secondary N) is 1. The Morgan fingerprint density at radius 1 is 1.03 bits per heavy atom. The number of carbonyl (C=O) groups is 4. The molecule has 7 nitrogen and oxygen atoms in total. The first-order valence-electron chi connectivity index (χ1n) is 11.1. The van der Waals surface area contributed by atoms with E-state index in [4.69, 9.17) is 0 Å². The maximum absolute atomic E-state index is 13.3. The van der Waals surface area contributed by atoms with E-state index in [1.54, 1.807) is 43.3 Å². The number of hydrogen-bond donors (Lipinski definition) is 1. The fraction of sp³-hybridized carbons (Fsp3) is 0.360. The summed E-state index contributed by atoms with van der Waals surface area (Å²) in [6.07, 6.45) is 1.10. The summed E-state index contributed by atoms with van der Waals surface area (Å²) in [5, 5.41) is 2.79. The van der Waals surface area contributed by atoms with Gasteiger partial charge in [0, 0.05) is 26.1 Å². The van der Waals surface area contributed by atoms with Gasteiger partial charge in [-0.15, -0.1) is 0 Å². The number of nitrogens with zero attached hydrogens (tertiary/aromatic N) is 2. The van der Waals surface area contributed by atoms with Crippen molar-refractivity contribution in [3.05, 3.63) is 71.0 Å². The molecule has 2 aromatic rings. The Balaban J connectivity index is 1.65. The number of carbonyl (C=O) groups excluding carboxylic acids is 4. The third-order valence-electron chi connectivity index (χ3n) is 5.63. The summed E-state index contributed by atoms with van der Waals surface area (Å²) >= 11 is 0. The maximum Gasteiger partial charge on any atom is 0.261 e. The third-order valence-corrected chi connectivity index (χ3v) is 5.63. The van der Waals surface area contributed by atoms with Crippen LogP contribution in [0.1, 0.15) is 59.4 Å². The van der Waals surface area contributed by atoms with Crippen LogP contribution in [0, 0.1) is 5.82 Å². The fourth-order valence-electron chi connectivity index (χ4n) is 3.74. The van der Waals surface area contributed by atoms with Crippen molar-refractivity contribution >= 4 is 23.6 Å². The van der Waals surface area contributed by atoms with Gasteiger partial charge in [0.2, 0.25) is 11.8 Å². The number of fused-ring (bicyclic) bond motifs is 1. The van der Waals surface area contributed by atoms with Crippen molar-refractivity contribution in [3.8, 4) is 0 Å². The number of halogens is 1. The Morgan fingerprint density at radius 3 is 2.21 bits per heavy atom. The lowest BCUT2D eigenvalue weighted by atomic mass is 10.1. The Labute approximate surface area is 192 Å². The molecule has 0 aromatic heterocycles. The summed E-state index contributed by atoms with van der Waals surface area (Å²) in [6.45, 7) is 4.34. The van der Waals surface area contributed by atoms with Crippen LogP contribution in [-0.4, -0.2) is 52.6 Å². The summed E-state index contributed by atoms with van der Waals surface area (Å²) in [6, 6.07) is 11.7. The topological polar surface area (TPSA) is 86.8 Å². The van der Waals surface area contributed by atoms with E-state index in [0.29, 0.717) is 23.2 Å². The molecule has 0 saturated carbocycles. The molecule has 4 amide bonds. The third kappa shape index (κ3) is 5.63. The van der Waals surface area contributed by atoms with Gasteiger partial charge in [-0.1, -0.05) is 31.2 Å². The van der Waals surface area contributed by atoms with E-state index in [1.165, 1.54) is 17.0 Å². The molecular formula is C25H28FN3O4. The van der Waals surface area contributed by atoms with Crippen LogP contribution in [-0.2, 0) is 16.1 Å². The van der Waals surface area contributed by atoms with Crippen LogP contribution in [0.2, 0.25) is 0 Å². The van der Waals surface area contributed by atoms with Crippen molar-refractivity contribution in [2.75, 3.05) is 13.1 Å². The average molecular weight is 454 g/mol. The molecule has 0 radical (unpaired) electrons. The highest BCUT2D eigenvalue weighted by Crippen LogP contribution is 2.23. The van der Waals surface area contributed by atoms with Gasteiger partial charge in [0.15, 0.2) is 0 Å². The molecule has 3 rings (SSSR count). The molecule has 1 N–H and O–H groups in total. The van der Waals surface area contributed by atoms with Gasteiger partial charge in [-0.2, -0.15) is 0 Å². The number of hydrogen-bond acceptors (Lipinski definition) is 4. The zero-order valence-corrected chi connectivity index (χ0v) is 18.8. The van der Waals surface area contributed by atoms with Gasteiger partial charge in [-0.3, -0.25) is 24.1 Å². The van der Waals surface area contributed by atoms with Crippen molar-refractivity contribution in [3.63, 3.8) is 0 Å². The summed E-state index contributed by atoms with van der Waals surface area (Å²) < 4.78 is 13.3. The van der Waals surface area contributed by atoms with E-state index in [-0.39, 0.29) is 55.4 Å². The predicted octanol–water partition coefficient (Wildman–Crippen LogP) is 3.15. The van der Waals surface area contributed by atoms with Crippen molar-refractivity contribution in [1.29, 1.82) is 0 Å². The van der Waals surface area contributed by atoms with Gasteiger partial charge in [-0.05, 0) is 49.6 Å². The minimum absolute atomic E-state index is 0.0556. The quantitative estimate of drug-likeness (QED) is 0.560. The van der Waals surface area contributed by atoms with Gasteiger partial charge in [-0.25, -0.2) is 4.39 Å². The molecule has 1 heterocycles. The average Bonchev–Trinajstić information content (AvgIpc) is 3.06. The van der Waals surface area contributed by atoms with E-state index >= 15 is 0 Å². The molecule has 0 aliphatic carbocycles. The molecule has 1 aliphatic heterocycles. The summed E-state index contributed by atoms with van der Waals surface area (Å²) in [5.41, 5.74) is 1.43. The molecule has 2 aromatic carbocycles. The molecule has 0 bridgehead atoms. The number of imide groups is 1. The lowest BCUT2D eigenvalue weighted by Crippen LogP contribution is -2.47. The molecule has 174 valence electrons. The van der Waals surface area contributed by atoms with Gasteiger partial charge in [0.1, 0.15) is 11.9 Å². The van der Waals surface area contributed by atoms with Crippen LogP contribution in [0.25, 0.3) is 0 Å². The first-order valence-corrected chi connectivity index (χ1v) is 11.1. The molecule has 0 saturated heterocycles. The second-order valence-corrected chi connectivity index (χ2v) is 8.03. The highest BCUT2D eigenvalue weighted by atomic mass is 19.1. The first kappa shape index (κ1) is 24.1. The molecule has 0 fully saturated rings. The van der Waals surface area contributed by atoms with E-state index in [1.807, 2.05) is 6.92 Å². The summed E-state index contributed by atoms with van der Waals surface area (Å²) in [4.78, 5) is 53.2. The number of benzene rings is 2. The van der Waals surface area contributed by atoms with E-state index in [2.05, 4.69) is 5.32 Å². The molecule has 1 aliphatic rings. The molecule has 1 atom stereocenters. The molecular weight excluding hydrogens is 425 g/mol. The van der Waals surface area contributed by atoms with Gasteiger partial charge < -0.3 is 10.2 Å². The zero-order valence-electron chi connectivity index (χ0n) is 18.8. The molecule has 33 heavy (non-hydrogen) atoms. The molecule has 8 heteroatoms. The SMILES string of the molecule is CCCNC(=O)[C@@H](C)N(Cc1ccc(F)cc1)C(=O)CCCN1C(=O)c2ccccc2C1=O. The highest BCUT2D eigenvalue weighted by Gasteiger charge is 2.35. The lowest BCUT2D eigenvalue weighted by molar-refractivity contribution is -0.140. The van der Waals surface area contributed by atoms with Crippen molar-refractivity contribution in [2.45, 2.75) is 45.7 Å². The van der Waals surface area contributed by atoms with Crippen LogP contribution < -0.4 is 5.32 Å². The van der Waals surface area contributed by atoms with E-state index < -0.39 is 6.04 Å². The monoisotopic (exact) mass is 453 g/mol. The van der Waals surface area contributed by atoms with Crippen LogP contribution in [0.15, 0.2) is 48.5 Å². The van der Waals surface area contributed by atoms with Crippen LogP contribution >= 0.6 is 0 Å². The Morgan fingerprint density at radius 2 is 1.64 bits per heavy atom. The van der Waals surface area contributed by atoms with Crippen molar-refractivity contribution in [1.82, 2.24) is 15.1 Å². The minimum Gasteiger partial charge on any atom is -0.354 e. The Kier molecular flexibility index (Phi) is 7.92. The van der Waals surface area contributed by atoms with Crippen LogP contribution in [0.5, 0.6) is 0 Å². The second-order valence-electron chi connectivity index (χ2n) is 8.03. The van der Waals surface area contributed by atoms with Gasteiger partial charge >= 0.3 is 0 Å². The van der Waals surface area contributed by atoms with Crippen LogP contribution in [0.3, 0.4) is 0 Å². The Bertz CT molecular complexity index is 1000. The normalized spacial score (nSPS) is 13.6. The smallest absolute Gasteiger partial charge is 0.261 e. The lowest BCUT2D eigenvalue weighted by Gasteiger charge is -2.29. The first-order chi connectivity index (χ1) is 15.8. The number of rotatable bonds is 10. The van der Waals surface area contributed by atoms with E-state index in [9.17, 15) is 23.6 Å². The van der Waals surface area contributed by atoms with E-state index in [0.717, 1.165) is 11.3 Å². The second kappa shape index (κ2) is 10.8. The van der Waals surface area contributed by atoms with Crippen molar-refractivity contribution in [2.24, 2.45) is 0 Å². The van der Waals surface area contributed by atoms with Crippen molar-refractivity contribution < 1.29 is 23.6 Å². The van der Waals surface area contributed by atoms with Crippen LogP contribution in [0.4, 0.5) is 4.39 Å². The minimum atomic E-state index is -0.728. The van der Waals surface area contributed by atoms with Gasteiger partial charge in [0.05, 0.1) is 11.1 Å². The zero-order chi connectivity index (χ0) is 24.0. The molecule has 0 unspecified atom stereocenters. The molecule has 0 spiro atoms. The summed E-state index contributed by atoms with van der Waals surface area (Å²) in [7, 11) is 0. The fourth-order valence-corrected chi connectivity index (χ4v) is 3.74. The van der Waals surface area contributed by atoms with Gasteiger partial charge in [0.25, 0.3) is 11.8 Å². The standard InChI is InChI=1S/C25H28FN3O4/c1-3-14-27-23(31)17(2)29(16-18-10-12-19(26)13-11-18)22(30)9-6-15-28-24(32)20-7-4-5-8-21(20)25(28)33/h4-5,7-8,10-13,17H,3,6,9,14-16H2,1-2H3,(H,27,31)/t17-/m1/s1. The predicted molar refractivity (Wildman–Crippen MR) is 121 cm³/mol. The number of amides is 4.